The maximum Gasteiger partial charge on any atom is 0.253 e. The normalized spacial score (nSPS) is 19.1. The molecule has 0 saturated carbocycles. The number of hydrogen-bond donors (Lipinski definition) is 1. The number of rotatable bonds is 1. The van der Waals surface area contributed by atoms with Crippen LogP contribution in [0.1, 0.15) is 40.9 Å². The van der Waals surface area contributed by atoms with Gasteiger partial charge in [0.1, 0.15) is 5.82 Å². The largest absolute Gasteiger partial charge is 0.356 e. The fourth-order valence-corrected chi connectivity index (χ4v) is 2.66. The standard InChI is InChI=1S/C13H17N3O/c1-9-7-10-11(8-14-13(10)17)15-12(9)16-5-3-2-4-6-16/h7H,2-6,8H2,1H3,(H,14,17). The Balaban J connectivity index is 1.97. The Morgan fingerprint density at radius 1 is 1.29 bits per heavy atom. The summed E-state index contributed by atoms with van der Waals surface area (Å²) in [5.41, 5.74) is 2.77. The van der Waals surface area contributed by atoms with E-state index in [0.29, 0.717) is 6.54 Å². The molecule has 90 valence electrons. The number of hydrogen-bond acceptors (Lipinski definition) is 3. The number of nitrogens with zero attached hydrogens (tertiary/aromatic N) is 2. The zero-order chi connectivity index (χ0) is 11.8. The molecule has 0 unspecified atom stereocenters. The van der Waals surface area contributed by atoms with Crippen LogP contribution < -0.4 is 10.2 Å². The third kappa shape index (κ3) is 1.77. The lowest BCUT2D eigenvalue weighted by atomic mass is 10.1. The molecule has 1 aromatic heterocycles. The molecule has 2 aliphatic heterocycles. The Morgan fingerprint density at radius 2 is 2.06 bits per heavy atom. The minimum absolute atomic E-state index is 0.0146. The first-order valence-corrected chi connectivity index (χ1v) is 6.29. The number of carbonyl (C=O) groups excluding carboxylic acids is 1. The Kier molecular flexibility index (Phi) is 2.50. The molecule has 17 heavy (non-hydrogen) atoms. The van der Waals surface area contributed by atoms with Gasteiger partial charge in [-0.05, 0) is 37.8 Å². The molecule has 1 amide bonds. The van der Waals surface area contributed by atoms with Crippen LogP contribution >= 0.6 is 0 Å². The predicted molar refractivity (Wildman–Crippen MR) is 66.2 cm³/mol. The summed E-state index contributed by atoms with van der Waals surface area (Å²) < 4.78 is 0. The van der Waals surface area contributed by atoms with E-state index < -0.39 is 0 Å². The van der Waals surface area contributed by atoms with Gasteiger partial charge in [0.15, 0.2) is 0 Å². The summed E-state index contributed by atoms with van der Waals surface area (Å²) in [4.78, 5) is 18.6. The zero-order valence-electron chi connectivity index (χ0n) is 10.1. The summed E-state index contributed by atoms with van der Waals surface area (Å²) in [6.45, 7) is 4.81. The van der Waals surface area contributed by atoms with E-state index in [1.807, 2.05) is 13.0 Å². The minimum Gasteiger partial charge on any atom is -0.356 e. The second-order valence-electron chi connectivity index (χ2n) is 4.85. The summed E-state index contributed by atoms with van der Waals surface area (Å²) in [5.74, 6) is 1.08. The average Bonchev–Trinajstić information content (AvgIpc) is 2.71. The lowest BCUT2D eigenvalue weighted by molar-refractivity contribution is 0.0965. The van der Waals surface area contributed by atoms with Gasteiger partial charge in [0.05, 0.1) is 17.8 Å². The number of amides is 1. The Morgan fingerprint density at radius 3 is 2.82 bits per heavy atom. The summed E-state index contributed by atoms with van der Waals surface area (Å²) in [7, 11) is 0. The monoisotopic (exact) mass is 231 g/mol. The third-order valence-electron chi connectivity index (χ3n) is 3.58. The molecule has 1 fully saturated rings. The Bertz CT molecular complexity index is 464. The van der Waals surface area contributed by atoms with Crippen molar-refractivity contribution >= 4 is 11.7 Å². The van der Waals surface area contributed by atoms with Gasteiger partial charge in [0.25, 0.3) is 5.91 Å². The third-order valence-corrected chi connectivity index (χ3v) is 3.58. The molecule has 1 saturated heterocycles. The van der Waals surface area contributed by atoms with E-state index in [4.69, 9.17) is 0 Å². The average molecular weight is 231 g/mol. The topological polar surface area (TPSA) is 45.2 Å². The molecule has 0 aromatic carbocycles. The van der Waals surface area contributed by atoms with Crippen molar-refractivity contribution in [3.63, 3.8) is 0 Å². The maximum absolute atomic E-state index is 11.5. The molecule has 3 heterocycles. The number of carbonyl (C=O) groups is 1. The van der Waals surface area contributed by atoms with Gasteiger partial charge in [-0.25, -0.2) is 4.98 Å². The smallest absolute Gasteiger partial charge is 0.253 e. The van der Waals surface area contributed by atoms with E-state index in [1.165, 1.54) is 19.3 Å². The second kappa shape index (κ2) is 4.02. The number of aryl methyl sites for hydroxylation is 1. The first-order valence-electron chi connectivity index (χ1n) is 6.29. The SMILES string of the molecule is Cc1cc2c(nc1N1CCCCC1)CNC2=O. The van der Waals surface area contributed by atoms with Gasteiger partial charge in [-0.2, -0.15) is 0 Å². The highest BCUT2D eigenvalue weighted by Crippen LogP contribution is 2.25. The van der Waals surface area contributed by atoms with Crippen molar-refractivity contribution < 1.29 is 4.79 Å². The summed E-state index contributed by atoms with van der Waals surface area (Å²) in [6, 6.07) is 1.98. The summed E-state index contributed by atoms with van der Waals surface area (Å²) in [6.07, 6.45) is 3.81. The van der Waals surface area contributed by atoms with Gasteiger partial charge in [0.2, 0.25) is 0 Å². The highest BCUT2D eigenvalue weighted by atomic mass is 16.1. The summed E-state index contributed by atoms with van der Waals surface area (Å²) >= 11 is 0. The van der Waals surface area contributed by atoms with Crippen molar-refractivity contribution in [3.8, 4) is 0 Å². The Labute approximate surface area is 101 Å². The van der Waals surface area contributed by atoms with Crippen LogP contribution in [0.4, 0.5) is 5.82 Å². The van der Waals surface area contributed by atoms with E-state index in [2.05, 4.69) is 15.2 Å². The second-order valence-corrected chi connectivity index (χ2v) is 4.85. The number of anilines is 1. The molecular weight excluding hydrogens is 214 g/mol. The van der Waals surface area contributed by atoms with E-state index in [1.54, 1.807) is 0 Å². The number of nitrogens with one attached hydrogen (secondary N) is 1. The highest BCUT2D eigenvalue weighted by Gasteiger charge is 2.23. The molecule has 0 radical (unpaired) electrons. The zero-order valence-corrected chi connectivity index (χ0v) is 10.1. The molecule has 4 nitrogen and oxygen atoms in total. The van der Waals surface area contributed by atoms with E-state index in [9.17, 15) is 4.79 Å². The van der Waals surface area contributed by atoms with E-state index in [-0.39, 0.29) is 5.91 Å². The maximum atomic E-state index is 11.5. The van der Waals surface area contributed by atoms with Gasteiger partial charge in [-0.15, -0.1) is 0 Å². The van der Waals surface area contributed by atoms with Gasteiger partial charge in [-0.3, -0.25) is 4.79 Å². The lowest BCUT2D eigenvalue weighted by Crippen LogP contribution is -2.31. The minimum atomic E-state index is 0.0146. The van der Waals surface area contributed by atoms with Crippen LogP contribution in [0.5, 0.6) is 0 Å². The highest BCUT2D eigenvalue weighted by molar-refractivity contribution is 5.98. The molecule has 0 spiro atoms. The molecule has 3 rings (SSSR count). The molecule has 4 heteroatoms. The van der Waals surface area contributed by atoms with Crippen molar-refractivity contribution in [2.75, 3.05) is 18.0 Å². The van der Waals surface area contributed by atoms with Crippen LogP contribution in [0.3, 0.4) is 0 Å². The van der Waals surface area contributed by atoms with E-state index >= 15 is 0 Å². The van der Waals surface area contributed by atoms with Crippen molar-refractivity contribution in [1.82, 2.24) is 10.3 Å². The van der Waals surface area contributed by atoms with Crippen LogP contribution in [0, 0.1) is 6.92 Å². The molecule has 1 N–H and O–H groups in total. The first-order chi connectivity index (χ1) is 8.25. The number of fused-ring (bicyclic) bond motifs is 1. The molecular formula is C13H17N3O. The van der Waals surface area contributed by atoms with Crippen LogP contribution in [-0.2, 0) is 6.54 Å². The van der Waals surface area contributed by atoms with Crippen LogP contribution in [0.15, 0.2) is 6.07 Å². The Hall–Kier alpha value is -1.58. The number of piperidine rings is 1. The fraction of sp³-hybridized carbons (Fsp3) is 0.538. The molecule has 2 aliphatic rings. The molecule has 1 aromatic rings. The fourth-order valence-electron chi connectivity index (χ4n) is 2.66. The molecule has 0 atom stereocenters. The van der Waals surface area contributed by atoms with Gasteiger partial charge in [0, 0.05) is 13.1 Å². The van der Waals surface area contributed by atoms with Crippen LogP contribution in [-0.4, -0.2) is 24.0 Å². The first kappa shape index (κ1) is 10.6. The number of pyridine rings is 1. The van der Waals surface area contributed by atoms with Crippen molar-refractivity contribution in [2.24, 2.45) is 0 Å². The van der Waals surface area contributed by atoms with Crippen LogP contribution in [0.25, 0.3) is 0 Å². The van der Waals surface area contributed by atoms with Crippen molar-refractivity contribution in [3.05, 3.63) is 22.9 Å². The van der Waals surface area contributed by atoms with Gasteiger partial charge >= 0.3 is 0 Å². The summed E-state index contributed by atoms with van der Waals surface area (Å²) in [5, 5.41) is 2.82. The lowest BCUT2D eigenvalue weighted by Gasteiger charge is -2.29. The van der Waals surface area contributed by atoms with Crippen molar-refractivity contribution in [1.29, 1.82) is 0 Å². The number of aromatic nitrogens is 1. The predicted octanol–water partition coefficient (Wildman–Crippen LogP) is 1.62. The van der Waals surface area contributed by atoms with Gasteiger partial charge < -0.3 is 10.2 Å². The van der Waals surface area contributed by atoms with Crippen molar-refractivity contribution in [2.45, 2.75) is 32.7 Å². The van der Waals surface area contributed by atoms with Gasteiger partial charge in [-0.1, -0.05) is 0 Å². The molecule has 0 bridgehead atoms. The van der Waals surface area contributed by atoms with E-state index in [0.717, 1.165) is 35.7 Å². The molecule has 0 aliphatic carbocycles. The quantitative estimate of drug-likeness (QED) is 0.799. The van der Waals surface area contributed by atoms with Crippen LogP contribution in [0.2, 0.25) is 0 Å².